The molecule has 2 aliphatic heterocycles. The molecule has 0 aliphatic carbocycles. The summed E-state index contributed by atoms with van der Waals surface area (Å²) in [5, 5.41) is 4.64. The Morgan fingerprint density at radius 3 is 2.75 bits per heavy atom. The molecular formula is C19H22N2O5S2. The van der Waals surface area contributed by atoms with Crippen LogP contribution in [0.25, 0.3) is 0 Å². The number of fused-ring (bicyclic) bond motifs is 1. The van der Waals surface area contributed by atoms with E-state index in [0.717, 1.165) is 6.42 Å². The Kier molecular flexibility index (Phi) is 5.56. The molecule has 9 heteroatoms. The minimum Gasteiger partial charge on any atom is -0.490 e. The third-order valence-electron chi connectivity index (χ3n) is 4.86. The number of carbonyl (C=O) groups is 1. The third kappa shape index (κ3) is 4.01. The van der Waals surface area contributed by atoms with E-state index in [-0.39, 0.29) is 18.4 Å². The van der Waals surface area contributed by atoms with Crippen molar-refractivity contribution in [2.75, 3.05) is 31.6 Å². The summed E-state index contributed by atoms with van der Waals surface area (Å²) in [5.74, 6) is 0.710. The molecule has 3 heterocycles. The van der Waals surface area contributed by atoms with E-state index in [9.17, 15) is 13.2 Å². The quantitative estimate of drug-likeness (QED) is 0.819. The van der Waals surface area contributed by atoms with Crippen molar-refractivity contribution in [3.05, 3.63) is 35.7 Å². The van der Waals surface area contributed by atoms with E-state index in [1.807, 2.05) is 0 Å². The van der Waals surface area contributed by atoms with Crippen molar-refractivity contribution >= 4 is 33.0 Å². The standard InChI is InChI=1S/C19H22N2O5S2/c22-19(20-15-6-7-16-17(12-15)26-10-3-9-25-16)14-4-1-8-21(13-14)28(23,24)18-5-2-11-27-18/h2,5-7,11-12,14H,1,3-4,8-10,13H2,(H,20,22). The number of benzene rings is 1. The lowest BCUT2D eigenvalue weighted by molar-refractivity contribution is -0.120. The van der Waals surface area contributed by atoms with Crippen LogP contribution in [0.3, 0.4) is 0 Å². The van der Waals surface area contributed by atoms with Crippen molar-refractivity contribution in [3.8, 4) is 11.5 Å². The van der Waals surface area contributed by atoms with Gasteiger partial charge in [0.25, 0.3) is 10.0 Å². The number of hydrogen-bond acceptors (Lipinski definition) is 6. The molecule has 1 aromatic heterocycles. The maximum Gasteiger partial charge on any atom is 0.252 e. The summed E-state index contributed by atoms with van der Waals surface area (Å²) in [6.45, 7) is 1.81. The molecule has 1 amide bonds. The molecule has 0 radical (unpaired) electrons. The maximum absolute atomic E-state index is 12.8. The highest BCUT2D eigenvalue weighted by Gasteiger charge is 2.33. The van der Waals surface area contributed by atoms with E-state index in [1.165, 1.54) is 15.6 Å². The Morgan fingerprint density at radius 1 is 1.14 bits per heavy atom. The topological polar surface area (TPSA) is 84.9 Å². The lowest BCUT2D eigenvalue weighted by Gasteiger charge is -2.30. The van der Waals surface area contributed by atoms with Crippen molar-refractivity contribution in [2.45, 2.75) is 23.5 Å². The zero-order valence-corrected chi connectivity index (χ0v) is 16.9. The van der Waals surface area contributed by atoms with Crippen molar-refractivity contribution < 1.29 is 22.7 Å². The van der Waals surface area contributed by atoms with Crippen LogP contribution in [0.15, 0.2) is 39.9 Å². The highest BCUT2D eigenvalue weighted by atomic mass is 32.2. The Hall–Kier alpha value is -2.10. The predicted octanol–water partition coefficient (Wildman–Crippen LogP) is 2.95. The van der Waals surface area contributed by atoms with Gasteiger partial charge in [0, 0.05) is 31.3 Å². The zero-order valence-electron chi connectivity index (χ0n) is 15.3. The van der Waals surface area contributed by atoms with Gasteiger partial charge in [0.1, 0.15) is 4.21 Å². The molecule has 1 unspecified atom stereocenters. The predicted molar refractivity (Wildman–Crippen MR) is 106 cm³/mol. The first-order chi connectivity index (χ1) is 13.5. The Bertz CT molecular complexity index is 943. The second kappa shape index (κ2) is 8.10. The van der Waals surface area contributed by atoms with E-state index < -0.39 is 10.0 Å². The number of piperidine rings is 1. The Labute approximate surface area is 168 Å². The van der Waals surface area contributed by atoms with Crippen LogP contribution < -0.4 is 14.8 Å². The van der Waals surface area contributed by atoms with Crippen LogP contribution in [-0.4, -0.2) is 44.9 Å². The van der Waals surface area contributed by atoms with Gasteiger partial charge in [-0.25, -0.2) is 8.42 Å². The number of thiophene rings is 1. The molecular weight excluding hydrogens is 400 g/mol. The molecule has 1 atom stereocenters. The first kappa shape index (κ1) is 19.2. The number of carbonyl (C=O) groups excluding carboxylic acids is 1. The second-order valence-electron chi connectivity index (χ2n) is 6.84. The van der Waals surface area contributed by atoms with Crippen LogP contribution >= 0.6 is 11.3 Å². The van der Waals surface area contributed by atoms with Gasteiger partial charge in [-0.3, -0.25) is 4.79 Å². The normalized spacial score (nSPS) is 20.4. The fraction of sp³-hybridized carbons (Fsp3) is 0.421. The summed E-state index contributed by atoms with van der Waals surface area (Å²) in [6, 6.07) is 8.62. The molecule has 2 aromatic rings. The maximum atomic E-state index is 12.8. The van der Waals surface area contributed by atoms with Gasteiger partial charge in [-0.15, -0.1) is 11.3 Å². The summed E-state index contributed by atoms with van der Waals surface area (Å²) in [6.07, 6.45) is 2.13. The minimum atomic E-state index is -3.54. The van der Waals surface area contributed by atoms with E-state index in [4.69, 9.17) is 9.47 Å². The number of nitrogens with one attached hydrogen (secondary N) is 1. The van der Waals surface area contributed by atoms with Gasteiger partial charge in [-0.1, -0.05) is 6.07 Å². The first-order valence-electron chi connectivity index (χ1n) is 9.28. The number of sulfonamides is 1. The molecule has 0 saturated carbocycles. The number of anilines is 1. The first-order valence-corrected chi connectivity index (χ1v) is 11.6. The Balaban J connectivity index is 1.44. The fourth-order valence-corrected chi connectivity index (χ4v) is 6.07. The van der Waals surface area contributed by atoms with E-state index in [1.54, 1.807) is 35.7 Å². The third-order valence-corrected chi connectivity index (χ3v) is 8.10. The number of hydrogen-bond donors (Lipinski definition) is 1. The van der Waals surface area contributed by atoms with Gasteiger partial charge >= 0.3 is 0 Å². The summed E-state index contributed by atoms with van der Waals surface area (Å²) >= 11 is 1.19. The smallest absolute Gasteiger partial charge is 0.252 e. The molecule has 1 saturated heterocycles. The molecule has 1 aromatic carbocycles. The van der Waals surface area contributed by atoms with Crippen LogP contribution in [-0.2, 0) is 14.8 Å². The molecule has 2 aliphatic rings. The molecule has 150 valence electrons. The van der Waals surface area contributed by atoms with Gasteiger partial charge in [0.15, 0.2) is 11.5 Å². The van der Waals surface area contributed by atoms with E-state index >= 15 is 0 Å². The summed E-state index contributed by atoms with van der Waals surface area (Å²) in [7, 11) is -3.54. The van der Waals surface area contributed by atoms with Crippen molar-refractivity contribution in [1.29, 1.82) is 0 Å². The SMILES string of the molecule is O=C(Nc1ccc2c(c1)OCCCO2)C1CCCN(S(=O)(=O)c2cccs2)C1. The van der Waals surface area contributed by atoms with E-state index in [0.29, 0.717) is 54.0 Å². The average Bonchev–Trinajstić information content (AvgIpc) is 3.15. The highest BCUT2D eigenvalue weighted by Crippen LogP contribution is 2.33. The fourth-order valence-electron chi connectivity index (χ4n) is 3.40. The van der Waals surface area contributed by atoms with Crippen LogP contribution in [0.2, 0.25) is 0 Å². The highest BCUT2D eigenvalue weighted by molar-refractivity contribution is 7.91. The summed E-state index contributed by atoms with van der Waals surface area (Å²) in [5.41, 5.74) is 0.618. The minimum absolute atomic E-state index is 0.180. The van der Waals surface area contributed by atoms with Crippen molar-refractivity contribution in [3.63, 3.8) is 0 Å². The van der Waals surface area contributed by atoms with Crippen molar-refractivity contribution in [1.82, 2.24) is 4.31 Å². The van der Waals surface area contributed by atoms with Crippen LogP contribution in [0.5, 0.6) is 11.5 Å². The number of ether oxygens (including phenoxy) is 2. The van der Waals surface area contributed by atoms with Crippen molar-refractivity contribution in [2.24, 2.45) is 5.92 Å². The van der Waals surface area contributed by atoms with Gasteiger partial charge in [0.2, 0.25) is 5.91 Å². The van der Waals surface area contributed by atoms with Crippen LogP contribution in [0, 0.1) is 5.92 Å². The lowest BCUT2D eigenvalue weighted by Crippen LogP contribution is -2.43. The number of rotatable bonds is 4. The number of nitrogens with zero attached hydrogens (tertiary/aromatic N) is 1. The summed E-state index contributed by atoms with van der Waals surface area (Å²) < 4.78 is 38.5. The monoisotopic (exact) mass is 422 g/mol. The van der Waals surface area contributed by atoms with Gasteiger partial charge in [-0.05, 0) is 36.4 Å². The van der Waals surface area contributed by atoms with Crippen LogP contribution in [0.4, 0.5) is 5.69 Å². The molecule has 4 rings (SSSR count). The summed E-state index contributed by atoms with van der Waals surface area (Å²) in [4.78, 5) is 12.8. The Morgan fingerprint density at radius 2 is 1.96 bits per heavy atom. The zero-order chi connectivity index (χ0) is 19.6. The molecule has 7 nitrogen and oxygen atoms in total. The molecule has 0 spiro atoms. The van der Waals surface area contributed by atoms with Gasteiger partial charge < -0.3 is 14.8 Å². The van der Waals surface area contributed by atoms with Gasteiger partial charge in [-0.2, -0.15) is 4.31 Å². The lowest BCUT2D eigenvalue weighted by atomic mass is 9.98. The number of amides is 1. The average molecular weight is 423 g/mol. The molecule has 1 N–H and O–H groups in total. The van der Waals surface area contributed by atoms with Crippen LogP contribution in [0.1, 0.15) is 19.3 Å². The molecule has 0 bridgehead atoms. The largest absolute Gasteiger partial charge is 0.490 e. The molecule has 28 heavy (non-hydrogen) atoms. The molecule has 1 fully saturated rings. The van der Waals surface area contributed by atoms with E-state index in [2.05, 4.69) is 5.32 Å². The second-order valence-corrected chi connectivity index (χ2v) is 9.95. The van der Waals surface area contributed by atoms with Gasteiger partial charge in [0.05, 0.1) is 19.1 Å².